The number of aromatic hydroxyl groups is 2. The molecule has 0 amide bonds. The molecule has 0 saturated carbocycles. The van der Waals surface area contributed by atoms with Crippen molar-refractivity contribution < 1.29 is 19.4 Å². The number of ketones is 1. The molecule has 26 heavy (non-hydrogen) atoms. The van der Waals surface area contributed by atoms with Gasteiger partial charge in [-0.1, -0.05) is 19.6 Å². The van der Waals surface area contributed by atoms with Crippen LogP contribution in [0, 0.1) is 11.2 Å². The number of nitrogens with one attached hydrogen (secondary N) is 1. The Labute approximate surface area is 148 Å². The number of aromatic nitrogens is 2. The minimum atomic E-state index is -0.549. The molecule has 2 heterocycles. The highest BCUT2D eigenvalue weighted by atomic mass is 19.1. The van der Waals surface area contributed by atoms with E-state index >= 15 is 0 Å². The Morgan fingerprint density at radius 1 is 1.08 bits per heavy atom. The molecule has 3 N–H and O–H groups in total. The van der Waals surface area contributed by atoms with Gasteiger partial charge in [0.2, 0.25) is 17.5 Å². The Hall–Kier alpha value is -3.48. The predicted molar refractivity (Wildman–Crippen MR) is 93.6 cm³/mol. The van der Waals surface area contributed by atoms with Crippen LogP contribution in [-0.4, -0.2) is 31.3 Å². The fourth-order valence-electron chi connectivity index (χ4n) is 3.01. The Kier molecular flexibility index (Phi) is 4.07. The Bertz CT molecular complexity index is 980. The lowest BCUT2D eigenvalue weighted by atomic mass is 9.89. The molecule has 0 spiro atoms. The molecule has 7 heteroatoms. The summed E-state index contributed by atoms with van der Waals surface area (Å²) in [5, 5.41) is 29.2. The molecule has 132 valence electrons. The van der Waals surface area contributed by atoms with Crippen LogP contribution in [0.25, 0.3) is 0 Å². The maximum atomic E-state index is 13.0. The number of hydrogen-bond donors (Lipinski definition) is 3. The van der Waals surface area contributed by atoms with Crippen LogP contribution in [0.1, 0.15) is 40.2 Å². The number of pyridine rings is 1. The molecule has 0 atom stereocenters. The summed E-state index contributed by atoms with van der Waals surface area (Å²) >= 11 is 0. The molecule has 3 aromatic rings. The minimum absolute atomic E-state index is 0. The van der Waals surface area contributed by atoms with E-state index in [1.165, 1.54) is 30.5 Å². The number of fused-ring (bicyclic) bond motifs is 2. The molecule has 0 aliphatic heterocycles. The fraction of sp³-hybridized carbons (Fsp3) is 0.105. The zero-order valence-corrected chi connectivity index (χ0v) is 12.8. The van der Waals surface area contributed by atoms with E-state index in [1.807, 2.05) is 0 Å². The molecule has 0 bridgehead atoms. The maximum absolute atomic E-state index is 13.0. The number of nitrogens with zero attached hydrogens (tertiary/aromatic N) is 2. The molecule has 0 fully saturated rings. The first-order chi connectivity index (χ1) is 12.0. The molecule has 6 nitrogen and oxygen atoms in total. The summed E-state index contributed by atoms with van der Waals surface area (Å²) < 4.78 is 14.2. The van der Waals surface area contributed by atoms with E-state index in [1.54, 1.807) is 12.1 Å². The van der Waals surface area contributed by atoms with Crippen molar-refractivity contribution in [2.75, 3.05) is 0 Å². The van der Waals surface area contributed by atoms with Gasteiger partial charge in [0.25, 0.3) is 0 Å². The number of benzene rings is 1. The van der Waals surface area contributed by atoms with Crippen molar-refractivity contribution in [3.05, 3.63) is 76.4 Å². The number of rotatable bonds is 2. The van der Waals surface area contributed by atoms with Crippen LogP contribution in [0.4, 0.5) is 4.39 Å². The number of hydrogen-bond acceptors (Lipinski definition) is 5. The van der Waals surface area contributed by atoms with Gasteiger partial charge in [-0.25, -0.2) is 4.39 Å². The largest absolute Gasteiger partial charge is 0.494 e. The van der Waals surface area contributed by atoms with E-state index in [0.29, 0.717) is 11.1 Å². The van der Waals surface area contributed by atoms with E-state index in [0.717, 1.165) is 4.57 Å². The Morgan fingerprint density at radius 3 is 2.42 bits per heavy atom. The van der Waals surface area contributed by atoms with Crippen LogP contribution in [-0.2, 0) is 6.54 Å². The van der Waals surface area contributed by atoms with Crippen molar-refractivity contribution in [3.63, 3.8) is 0 Å². The number of carbonyl (C=O) groups excluding carboxylic acids is 1. The monoisotopic (exact) mass is 353 g/mol. The summed E-state index contributed by atoms with van der Waals surface area (Å²) in [5.41, 5.74) is 0.738. The van der Waals surface area contributed by atoms with Crippen molar-refractivity contribution in [1.29, 1.82) is 5.41 Å². The first-order valence-corrected chi connectivity index (χ1v) is 7.47. The van der Waals surface area contributed by atoms with Crippen LogP contribution in [0.3, 0.4) is 0 Å². The van der Waals surface area contributed by atoms with Gasteiger partial charge >= 0.3 is 0 Å². The van der Waals surface area contributed by atoms with Crippen LogP contribution in [0.2, 0.25) is 0 Å². The molecule has 2 aromatic heterocycles. The minimum Gasteiger partial charge on any atom is -0.494 e. The highest BCUT2D eigenvalue weighted by molar-refractivity contribution is 6.30. The molecule has 1 aliphatic rings. The molecule has 1 aliphatic carbocycles. The van der Waals surface area contributed by atoms with Gasteiger partial charge < -0.3 is 10.2 Å². The fourth-order valence-corrected chi connectivity index (χ4v) is 3.01. The Balaban J connectivity index is 0.00000196. The summed E-state index contributed by atoms with van der Waals surface area (Å²) in [7, 11) is 0. The third kappa shape index (κ3) is 2.36. The lowest BCUT2D eigenvalue weighted by Crippen LogP contribution is -2.20. The summed E-state index contributed by atoms with van der Waals surface area (Å²) in [6.07, 6.45) is 1.43. The molecule has 4 rings (SSSR count). The zero-order chi connectivity index (χ0) is 17.7. The topological polar surface area (TPSA) is 99.2 Å². The van der Waals surface area contributed by atoms with Gasteiger partial charge in [-0.05, 0) is 29.8 Å². The first kappa shape index (κ1) is 17.3. The highest BCUT2D eigenvalue weighted by Gasteiger charge is 2.37. The van der Waals surface area contributed by atoms with E-state index in [2.05, 4.69) is 4.98 Å². The van der Waals surface area contributed by atoms with Crippen LogP contribution >= 0.6 is 0 Å². The van der Waals surface area contributed by atoms with Gasteiger partial charge in [0.05, 0.1) is 23.4 Å². The van der Waals surface area contributed by atoms with Gasteiger partial charge in [0, 0.05) is 11.8 Å². The standard InChI is InChI=1S/C18H12FN3O3.CH4/c19-10-5-3-9(4-6-10)8-22-17(24)12-13(18(22)25)16(23)15-11(14(12)20)2-1-7-21-15;/h1-7,20,24-25H,8H2;1H4. The van der Waals surface area contributed by atoms with Gasteiger partial charge in [0.15, 0.2) is 0 Å². The number of halogens is 1. The van der Waals surface area contributed by atoms with E-state index in [9.17, 15) is 19.4 Å². The second-order valence-corrected chi connectivity index (χ2v) is 5.71. The highest BCUT2D eigenvalue weighted by Crippen LogP contribution is 2.40. The van der Waals surface area contributed by atoms with Crippen molar-refractivity contribution in [2.24, 2.45) is 0 Å². The molecule has 0 radical (unpaired) electrons. The lowest BCUT2D eigenvalue weighted by molar-refractivity contribution is 0.103. The third-order valence-electron chi connectivity index (χ3n) is 4.23. The molecule has 1 aromatic carbocycles. The maximum Gasteiger partial charge on any atom is 0.218 e. The van der Waals surface area contributed by atoms with Gasteiger partial charge in [-0.2, -0.15) is 0 Å². The summed E-state index contributed by atoms with van der Waals surface area (Å²) in [6, 6.07) is 8.71. The SMILES string of the molecule is C.N=C1c2cccnc2C(=O)c2c1c(O)n(Cc1ccc(F)cc1)c2O. The lowest BCUT2D eigenvalue weighted by Gasteiger charge is -2.14. The number of carbonyl (C=O) groups is 1. The van der Waals surface area contributed by atoms with Gasteiger partial charge in [-0.15, -0.1) is 0 Å². The van der Waals surface area contributed by atoms with Crippen molar-refractivity contribution in [1.82, 2.24) is 9.55 Å². The second-order valence-electron chi connectivity index (χ2n) is 5.71. The Morgan fingerprint density at radius 2 is 1.73 bits per heavy atom. The van der Waals surface area contributed by atoms with Crippen molar-refractivity contribution in [2.45, 2.75) is 14.0 Å². The van der Waals surface area contributed by atoms with E-state index in [4.69, 9.17) is 5.41 Å². The molecular formula is C19H16FN3O3. The van der Waals surface area contributed by atoms with Crippen LogP contribution < -0.4 is 0 Å². The van der Waals surface area contributed by atoms with Crippen molar-refractivity contribution in [3.8, 4) is 11.8 Å². The molecular weight excluding hydrogens is 337 g/mol. The average Bonchev–Trinajstić information content (AvgIpc) is 2.86. The quantitative estimate of drug-likeness (QED) is 0.516. The van der Waals surface area contributed by atoms with Crippen molar-refractivity contribution >= 4 is 11.5 Å². The van der Waals surface area contributed by atoms with Gasteiger partial charge in [-0.3, -0.25) is 19.8 Å². The van der Waals surface area contributed by atoms with E-state index < -0.39 is 17.5 Å². The van der Waals surface area contributed by atoms with Crippen LogP contribution in [0.5, 0.6) is 11.8 Å². The first-order valence-electron chi connectivity index (χ1n) is 7.47. The molecule has 0 saturated heterocycles. The summed E-state index contributed by atoms with van der Waals surface area (Å²) in [4.78, 5) is 16.6. The van der Waals surface area contributed by atoms with Crippen LogP contribution in [0.15, 0.2) is 42.6 Å². The second kappa shape index (κ2) is 6.11. The van der Waals surface area contributed by atoms with E-state index in [-0.39, 0.29) is 42.4 Å². The van der Waals surface area contributed by atoms with Gasteiger partial charge in [0.1, 0.15) is 11.5 Å². The zero-order valence-electron chi connectivity index (χ0n) is 12.8. The smallest absolute Gasteiger partial charge is 0.218 e. The molecule has 0 unspecified atom stereocenters. The average molecular weight is 353 g/mol. The summed E-state index contributed by atoms with van der Waals surface area (Å²) in [5.74, 6) is -1.78. The summed E-state index contributed by atoms with van der Waals surface area (Å²) in [6.45, 7) is 0.0231. The predicted octanol–water partition coefficient (Wildman–Crippen LogP) is 3.08. The third-order valence-corrected chi connectivity index (χ3v) is 4.23. The normalized spacial score (nSPS) is 12.3.